The summed E-state index contributed by atoms with van der Waals surface area (Å²) in [5.74, 6) is 2.52. The third kappa shape index (κ3) is 20.4. The van der Waals surface area contributed by atoms with Crippen molar-refractivity contribution in [3.05, 3.63) is 268 Å². The maximum atomic E-state index is 13.2. The molecule has 2 unspecified atom stereocenters. The van der Waals surface area contributed by atoms with E-state index < -0.39 is 47.0 Å². The van der Waals surface area contributed by atoms with E-state index in [4.69, 9.17) is 14.2 Å². The van der Waals surface area contributed by atoms with E-state index >= 15 is 0 Å². The van der Waals surface area contributed by atoms with Gasteiger partial charge in [0.25, 0.3) is 0 Å². The van der Waals surface area contributed by atoms with E-state index in [1.54, 1.807) is 61.3 Å². The number of hydrogen-bond acceptors (Lipinski definition) is 26. The number of benzene rings is 2. The largest absolute Gasteiger partial charge is 0.493 e. The number of ether oxygens (including phenoxy) is 3. The molecule has 0 aliphatic carbocycles. The Morgan fingerprint density at radius 1 is 0.388 bits per heavy atom. The minimum absolute atomic E-state index is 0.116. The summed E-state index contributed by atoms with van der Waals surface area (Å²) in [5.41, 5.74) is 4.85. The molecule has 0 spiro atoms. The average molecular weight is 1780 g/mol. The lowest BCUT2D eigenvalue weighted by atomic mass is 10.1. The molecule has 648 valence electrons. The molecule has 0 aliphatic rings. The predicted octanol–water partition coefficient (Wildman–Crippen LogP) is 19.8. The van der Waals surface area contributed by atoms with Crippen LogP contribution in [-0.2, 0) is 37.8 Å². The highest BCUT2D eigenvalue weighted by molar-refractivity contribution is 7.13. The Bertz CT molecular complexity index is 7100. The van der Waals surface area contributed by atoms with Crippen LogP contribution in [0.5, 0.6) is 17.4 Å². The summed E-state index contributed by atoms with van der Waals surface area (Å²) in [6.45, 7) is 4.53. The molecule has 42 heteroatoms. The van der Waals surface area contributed by atoms with Crippen LogP contribution in [0.2, 0.25) is 0 Å². The second-order valence-corrected chi connectivity index (χ2v) is 28.7. The zero-order chi connectivity index (χ0) is 91.5. The topological polar surface area (TPSA) is 415 Å². The first-order valence-electron chi connectivity index (χ1n) is 37.9. The number of anilines is 4. The molecule has 0 aliphatic heterocycles. The molecule has 17 aromatic rings. The van der Waals surface area contributed by atoms with Crippen LogP contribution < -0.4 is 35.5 Å². The first kappa shape index (κ1) is 88.5. The number of halogens is 12. The molecule has 15 heterocycles. The number of nitriles is 4. The Hall–Kier alpha value is -16.8. The summed E-state index contributed by atoms with van der Waals surface area (Å²) in [4.78, 5) is 70.4. The summed E-state index contributed by atoms with van der Waals surface area (Å²) < 4.78 is 174. The average Bonchev–Trinajstić information content (AvgIpc) is 1.65. The molecule has 0 saturated carbocycles. The fourth-order valence-corrected chi connectivity index (χ4v) is 13.7. The number of fused-ring (bicyclic) bond motifs is 4. The highest BCUT2D eigenvalue weighted by Crippen LogP contribution is 2.41. The number of pyridine rings is 6. The van der Waals surface area contributed by atoms with Gasteiger partial charge in [0.2, 0.25) is 29.7 Å². The fourth-order valence-electron chi connectivity index (χ4n) is 12.9. The van der Waals surface area contributed by atoms with Gasteiger partial charge in [0.15, 0.2) is 11.5 Å². The Morgan fingerprint density at radius 3 is 1.11 bits per heavy atom. The lowest BCUT2D eigenvalue weighted by Gasteiger charge is -2.15. The third-order valence-electron chi connectivity index (χ3n) is 19.5. The van der Waals surface area contributed by atoms with Crippen LogP contribution in [0.15, 0.2) is 201 Å². The van der Waals surface area contributed by atoms with E-state index in [1.807, 2.05) is 92.0 Å². The molecule has 29 nitrogen and oxygen atoms in total. The highest BCUT2D eigenvalue weighted by Gasteiger charge is 2.36. The van der Waals surface area contributed by atoms with Gasteiger partial charge in [-0.1, -0.05) is 48.5 Å². The van der Waals surface area contributed by atoms with Crippen molar-refractivity contribution in [3.8, 4) is 97.1 Å². The number of nitrogens with one attached hydrogen (secondary N) is 8. The van der Waals surface area contributed by atoms with E-state index in [9.17, 15) is 73.7 Å². The quantitative estimate of drug-likeness (QED) is 0.0329. The smallest absolute Gasteiger partial charge is 0.417 e. The van der Waals surface area contributed by atoms with Gasteiger partial charge in [0.1, 0.15) is 46.9 Å². The Kier molecular flexibility index (Phi) is 25.9. The first-order valence-corrected chi connectivity index (χ1v) is 38.8. The molecular weight excluding hydrogens is 1720 g/mol. The van der Waals surface area contributed by atoms with Crippen molar-refractivity contribution in [2.24, 2.45) is 0 Å². The van der Waals surface area contributed by atoms with Crippen LogP contribution in [0.1, 0.15) is 92.7 Å². The standard InChI is InChI=1S/C24H15F3N6S.C22H17F3N6O2.C21H16F3N7O.C20H14F3N7/c25-24(26,27)17-8-18-19(13-30-22(18)29-12-17)21-16(9-28)11-32-23(33-21)31-10-14-3-5-15(6-4-14)20-2-1-7-34-20;1-32-17-4-3-12(5-18(17)33-2)8-29-21-30-9-13(7-26)19(31-21)16-11-28-20-15(16)6-14(10-27-20)22(23,24)25;1-11(12-3-4-17(32-2)26-7-12)30-20-29-8-13(6-25)18(31-20)16-10-28-19-15(16)5-14(9-27-19)21(22,23)24;1-11(12-3-2-4-25-7-12)29-19-28-8-13(6-24)17(30-19)16-10-27-18-15(16)5-14(9-26-18)20(21,22)23/h1-8,11-13H,10H2,(H,29,30)(H,31,32,33);3-6,9-11H,8H2,1-2H3,(H,27,28)(H,29,30,31);3-5,7-11H,1-2H3,(H,27,28)(H,29,30,31);2-5,7-11H,1H3,(H,26,27)(H,28,29,30). The SMILES string of the molecule is CC(Nc1ncc(C#N)c(-c2c[nH]c3ncc(C(F)(F)F)cc23)n1)c1cccnc1.COc1ccc(C(C)Nc2ncc(C#N)c(-c3c[nH]c4ncc(C(F)(F)F)cc34)n2)cn1.COc1ccc(CNc2ncc(C#N)c(-c3c[nH]c4ncc(C(F)(F)F)cc34)n2)cc1OC.N#Cc1cnc(NCc2ccc(-c3cccs3)cc2)nc1-c1c[nH]c2ncc(C(F)(F)F)cc12. The van der Waals surface area contributed by atoms with Crippen molar-refractivity contribution in [2.45, 2.75) is 63.7 Å². The molecule has 15 aromatic heterocycles. The van der Waals surface area contributed by atoms with Gasteiger partial charge in [0.05, 0.1) is 125 Å². The number of rotatable bonds is 20. The van der Waals surface area contributed by atoms with Gasteiger partial charge < -0.3 is 55.4 Å². The molecule has 2 aromatic carbocycles. The Morgan fingerprint density at radius 2 is 0.767 bits per heavy atom. The van der Waals surface area contributed by atoms with E-state index in [-0.39, 0.29) is 125 Å². The summed E-state index contributed by atoms with van der Waals surface area (Å²) >= 11 is 1.67. The van der Waals surface area contributed by atoms with Gasteiger partial charge in [-0.05, 0) is 95.6 Å². The number of aromatic amines is 4. The first-order chi connectivity index (χ1) is 61.9. The summed E-state index contributed by atoms with van der Waals surface area (Å²) in [5, 5.41) is 53.2. The predicted molar refractivity (Wildman–Crippen MR) is 450 cm³/mol. The number of thiophene rings is 1. The molecule has 129 heavy (non-hydrogen) atoms. The number of alkyl halides is 12. The zero-order valence-electron chi connectivity index (χ0n) is 67.3. The maximum Gasteiger partial charge on any atom is 0.417 e. The molecule has 8 N–H and O–H groups in total. The lowest BCUT2D eigenvalue weighted by Crippen LogP contribution is -2.10. The van der Waals surface area contributed by atoms with Crippen molar-refractivity contribution in [3.63, 3.8) is 0 Å². The molecule has 17 rings (SSSR count). The van der Waals surface area contributed by atoms with Gasteiger partial charge in [-0.15, -0.1) is 11.3 Å². The Labute approximate surface area is 725 Å². The van der Waals surface area contributed by atoms with Crippen molar-refractivity contribution >= 4 is 79.3 Å². The van der Waals surface area contributed by atoms with Gasteiger partial charge >= 0.3 is 24.7 Å². The van der Waals surface area contributed by atoms with Crippen LogP contribution in [-0.4, -0.2) is 111 Å². The van der Waals surface area contributed by atoms with Crippen molar-refractivity contribution in [2.75, 3.05) is 42.6 Å². The normalized spacial score (nSPS) is 11.9. The molecular formula is C87H62F12N26O3S. The number of aromatic nitrogens is 18. The van der Waals surface area contributed by atoms with E-state index in [1.165, 1.54) is 68.7 Å². The zero-order valence-corrected chi connectivity index (χ0v) is 68.2. The third-order valence-corrected chi connectivity index (χ3v) is 20.5. The summed E-state index contributed by atoms with van der Waals surface area (Å²) in [6, 6.07) is 36.2. The molecule has 0 saturated heterocycles. The van der Waals surface area contributed by atoms with Gasteiger partial charge in [0, 0.05) is 136 Å². The van der Waals surface area contributed by atoms with Crippen molar-refractivity contribution in [1.29, 1.82) is 21.0 Å². The van der Waals surface area contributed by atoms with Crippen LogP contribution in [0.4, 0.5) is 76.5 Å². The second-order valence-electron chi connectivity index (χ2n) is 27.8. The number of H-pyrrole nitrogens is 4. The molecule has 0 bridgehead atoms. The van der Waals surface area contributed by atoms with Gasteiger partial charge in [-0.25, -0.2) is 64.8 Å². The second kappa shape index (κ2) is 37.7. The van der Waals surface area contributed by atoms with Crippen LogP contribution in [0.25, 0.3) is 99.6 Å². The number of methoxy groups -OCH3 is 3. The summed E-state index contributed by atoms with van der Waals surface area (Å²) in [7, 11) is 4.60. The van der Waals surface area contributed by atoms with Gasteiger partial charge in [-0.3, -0.25) is 4.98 Å². The minimum Gasteiger partial charge on any atom is -0.493 e. The van der Waals surface area contributed by atoms with Gasteiger partial charge in [-0.2, -0.15) is 73.7 Å². The van der Waals surface area contributed by atoms with Crippen molar-refractivity contribution < 1.29 is 66.9 Å². The van der Waals surface area contributed by atoms with E-state index in [0.717, 1.165) is 76.9 Å². The molecule has 0 fully saturated rings. The van der Waals surface area contributed by atoms with E-state index in [0.29, 0.717) is 52.7 Å². The molecule has 0 radical (unpaired) electrons. The monoisotopic (exact) mass is 1780 g/mol. The number of nitrogens with zero attached hydrogens (tertiary/aromatic N) is 18. The lowest BCUT2D eigenvalue weighted by molar-refractivity contribution is -0.138. The van der Waals surface area contributed by atoms with E-state index in [2.05, 4.69) is 117 Å². The van der Waals surface area contributed by atoms with Crippen molar-refractivity contribution in [1.82, 2.24) is 89.7 Å². The van der Waals surface area contributed by atoms with Crippen LogP contribution >= 0.6 is 11.3 Å². The minimum atomic E-state index is -4.55. The Balaban J connectivity index is 0.000000139. The molecule has 2 atom stereocenters. The van der Waals surface area contributed by atoms with Crippen LogP contribution in [0.3, 0.4) is 0 Å². The molecule has 0 amide bonds. The van der Waals surface area contributed by atoms with Crippen LogP contribution in [0, 0.1) is 45.3 Å². The fraction of sp³-hybridized carbons (Fsp3) is 0.149. The number of hydrogen-bond donors (Lipinski definition) is 8. The highest BCUT2D eigenvalue weighted by atomic mass is 32.1. The maximum absolute atomic E-state index is 13.2. The summed E-state index contributed by atoms with van der Waals surface area (Å²) in [6.07, 6.45) is 1.12.